The van der Waals surface area contributed by atoms with Crippen LogP contribution < -0.4 is 0 Å². The lowest BCUT2D eigenvalue weighted by molar-refractivity contribution is 0.580. The normalized spacial score (nSPS) is 12.3. The first-order valence-electron chi connectivity index (χ1n) is 5.73. The maximum Gasteiger partial charge on any atom is 0.147 e. The van der Waals surface area contributed by atoms with Crippen LogP contribution in [0.5, 0.6) is 0 Å². The molecule has 0 aliphatic carbocycles. The highest BCUT2D eigenvalue weighted by molar-refractivity contribution is 5.63. The zero-order valence-electron chi connectivity index (χ0n) is 10.3. The molecule has 0 saturated heterocycles. The van der Waals surface area contributed by atoms with Crippen molar-refractivity contribution in [3.8, 4) is 0 Å². The Hall–Kier alpha value is -1.31. The van der Waals surface area contributed by atoms with Crippen LogP contribution in [0.4, 0.5) is 4.39 Å². The summed E-state index contributed by atoms with van der Waals surface area (Å²) in [5.41, 5.74) is 3.07. The molecule has 2 heteroatoms. The van der Waals surface area contributed by atoms with Crippen molar-refractivity contribution >= 4 is 5.52 Å². The monoisotopic (exact) mass is 219 g/mol. The number of aryl methyl sites for hydroxylation is 1. The first-order valence-corrected chi connectivity index (χ1v) is 5.73. The number of pyridine rings is 1. The highest BCUT2D eigenvalue weighted by atomic mass is 19.1. The first kappa shape index (κ1) is 11.2. The van der Waals surface area contributed by atoms with E-state index in [1.54, 1.807) is 6.07 Å². The topological polar surface area (TPSA) is 4.41 Å². The Balaban J connectivity index is 2.87. The molecule has 0 amide bonds. The standard InChI is InChI=1S/C14H18FN/c1-5-10-9-16-8-6-7-11(15)13(16)12(10)14(2,3)4/h6-9H,5H2,1-4H3. The van der Waals surface area contributed by atoms with Crippen molar-refractivity contribution in [3.05, 3.63) is 41.5 Å². The second-order valence-electron chi connectivity index (χ2n) is 5.24. The third-order valence-corrected chi connectivity index (χ3v) is 2.96. The number of hydrogen-bond acceptors (Lipinski definition) is 0. The fraction of sp³-hybridized carbons (Fsp3) is 0.429. The molecule has 0 atom stereocenters. The van der Waals surface area contributed by atoms with Gasteiger partial charge in [-0.3, -0.25) is 0 Å². The highest BCUT2D eigenvalue weighted by Gasteiger charge is 2.23. The molecular weight excluding hydrogens is 201 g/mol. The van der Waals surface area contributed by atoms with Crippen molar-refractivity contribution in [1.29, 1.82) is 0 Å². The van der Waals surface area contributed by atoms with Crippen molar-refractivity contribution in [2.45, 2.75) is 39.5 Å². The van der Waals surface area contributed by atoms with E-state index in [2.05, 4.69) is 27.7 Å². The maximum atomic E-state index is 13.9. The predicted octanol–water partition coefficient (Wildman–Crippen LogP) is 3.94. The molecule has 0 aromatic carbocycles. The SMILES string of the molecule is CCc1cn2cccc(F)c2c1C(C)(C)C. The molecule has 0 aliphatic rings. The minimum absolute atomic E-state index is 0.0255. The van der Waals surface area contributed by atoms with Gasteiger partial charge in [-0.25, -0.2) is 4.39 Å². The molecule has 86 valence electrons. The van der Waals surface area contributed by atoms with Crippen LogP contribution in [-0.2, 0) is 11.8 Å². The van der Waals surface area contributed by atoms with E-state index in [0.29, 0.717) is 0 Å². The van der Waals surface area contributed by atoms with Gasteiger partial charge in [0, 0.05) is 12.4 Å². The van der Waals surface area contributed by atoms with E-state index in [9.17, 15) is 4.39 Å². The van der Waals surface area contributed by atoms with Gasteiger partial charge in [-0.05, 0) is 35.1 Å². The van der Waals surface area contributed by atoms with Gasteiger partial charge in [-0.15, -0.1) is 0 Å². The van der Waals surface area contributed by atoms with Crippen molar-refractivity contribution in [2.75, 3.05) is 0 Å². The van der Waals surface area contributed by atoms with Crippen LogP contribution in [0, 0.1) is 5.82 Å². The largest absolute Gasteiger partial charge is 0.321 e. The molecule has 0 aliphatic heterocycles. The van der Waals surface area contributed by atoms with E-state index in [4.69, 9.17) is 0 Å². The van der Waals surface area contributed by atoms with E-state index in [-0.39, 0.29) is 11.2 Å². The minimum Gasteiger partial charge on any atom is -0.321 e. The Morgan fingerprint density at radius 2 is 2.00 bits per heavy atom. The van der Waals surface area contributed by atoms with Gasteiger partial charge in [0.15, 0.2) is 0 Å². The van der Waals surface area contributed by atoms with Gasteiger partial charge in [-0.1, -0.05) is 27.7 Å². The van der Waals surface area contributed by atoms with Crippen LogP contribution in [0.3, 0.4) is 0 Å². The van der Waals surface area contributed by atoms with E-state index in [1.807, 2.05) is 16.8 Å². The minimum atomic E-state index is -0.132. The number of rotatable bonds is 1. The summed E-state index contributed by atoms with van der Waals surface area (Å²) in [5.74, 6) is -0.132. The molecule has 0 spiro atoms. The molecule has 16 heavy (non-hydrogen) atoms. The highest BCUT2D eigenvalue weighted by Crippen LogP contribution is 2.33. The molecule has 2 aromatic rings. The van der Waals surface area contributed by atoms with Crippen LogP contribution in [0.2, 0.25) is 0 Å². The Bertz CT molecular complexity index is 517. The molecule has 0 saturated carbocycles. The lowest BCUT2D eigenvalue weighted by Gasteiger charge is -2.20. The zero-order valence-corrected chi connectivity index (χ0v) is 10.3. The smallest absolute Gasteiger partial charge is 0.147 e. The summed E-state index contributed by atoms with van der Waals surface area (Å²) in [6.07, 6.45) is 4.89. The molecule has 0 bridgehead atoms. The zero-order chi connectivity index (χ0) is 11.9. The van der Waals surface area contributed by atoms with Crippen molar-refractivity contribution < 1.29 is 4.39 Å². The van der Waals surface area contributed by atoms with Crippen LogP contribution in [0.25, 0.3) is 5.52 Å². The number of fused-ring (bicyclic) bond motifs is 1. The fourth-order valence-electron chi connectivity index (χ4n) is 2.34. The van der Waals surface area contributed by atoms with E-state index in [0.717, 1.165) is 17.5 Å². The average molecular weight is 219 g/mol. The molecule has 0 N–H and O–H groups in total. The van der Waals surface area contributed by atoms with Crippen molar-refractivity contribution in [1.82, 2.24) is 4.40 Å². The van der Waals surface area contributed by atoms with Gasteiger partial charge in [0.1, 0.15) is 5.82 Å². The van der Waals surface area contributed by atoms with Crippen LogP contribution in [-0.4, -0.2) is 4.40 Å². The van der Waals surface area contributed by atoms with Gasteiger partial charge >= 0.3 is 0 Å². The summed E-state index contributed by atoms with van der Waals surface area (Å²) in [6, 6.07) is 3.28. The van der Waals surface area contributed by atoms with Crippen LogP contribution in [0.1, 0.15) is 38.8 Å². The molecule has 2 rings (SSSR count). The Morgan fingerprint density at radius 3 is 2.56 bits per heavy atom. The summed E-state index contributed by atoms with van der Waals surface area (Å²) < 4.78 is 15.8. The maximum absolute atomic E-state index is 13.9. The fourth-order valence-corrected chi connectivity index (χ4v) is 2.34. The third-order valence-electron chi connectivity index (χ3n) is 2.96. The summed E-state index contributed by atoms with van der Waals surface area (Å²) in [7, 11) is 0. The first-order chi connectivity index (χ1) is 7.45. The number of aromatic nitrogens is 1. The second kappa shape index (κ2) is 3.62. The second-order valence-corrected chi connectivity index (χ2v) is 5.24. The molecule has 0 radical (unpaired) electrons. The summed E-state index contributed by atoms with van der Waals surface area (Å²) in [4.78, 5) is 0. The average Bonchev–Trinajstić information content (AvgIpc) is 2.57. The van der Waals surface area contributed by atoms with Crippen molar-refractivity contribution in [3.63, 3.8) is 0 Å². The quantitative estimate of drug-likeness (QED) is 0.684. The van der Waals surface area contributed by atoms with Crippen LogP contribution >= 0.6 is 0 Å². The Kier molecular flexibility index (Phi) is 2.53. The summed E-state index contributed by atoms with van der Waals surface area (Å²) >= 11 is 0. The van der Waals surface area contributed by atoms with Gasteiger partial charge in [0.2, 0.25) is 0 Å². The molecule has 2 heterocycles. The number of nitrogens with zero attached hydrogens (tertiary/aromatic N) is 1. The lowest BCUT2D eigenvalue weighted by atomic mass is 9.84. The molecular formula is C14H18FN. The molecule has 0 unspecified atom stereocenters. The summed E-state index contributed by atoms with van der Waals surface area (Å²) in [5, 5.41) is 0. The summed E-state index contributed by atoms with van der Waals surface area (Å²) in [6.45, 7) is 8.51. The molecule has 1 nitrogen and oxygen atoms in total. The van der Waals surface area contributed by atoms with E-state index >= 15 is 0 Å². The van der Waals surface area contributed by atoms with Gasteiger partial charge in [0.05, 0.1) is 5.52 Å². The predicted molar refractivity (Wildman–Crippen MR) is 65.4 cm³/mol. The van der Waals surface area contributed by atoms with E-state index in [1.165, 1.54) is 11.6 Å². The van der Waals surface area contributed by atoms with Gasteiger partial charge in [-0.2, -0.15) is 0 Å². The molecule has 0 fully saturated rings. The number of halogens is 1. The Labute approximate surface area is 95.9 Å². The number of hydrogen-bond donors (Lipinski definition) is 0. The molecule has 2 aromatic heterocycles. The van der Waals surface area contributed by atoms with Crippen molar-refractivity contribution in [2.24, 2.45) is 0 Å². The van der Waals surface area contributed by atoms with E-state index < -0.39 is 0 Å². The van der Waals surface area contributed by atoms with Crippen LogP contribution in [0.15, 0.2) is 24.5 Å². The lowest BCUT2D eigenvalue weighted by Crippen LogP contribution is -2.13. The van der Waals surface area contributed by atoms with Gasteiger partial charge < -0.3 is 4.40 Å². The van der Waals surface area contributed by atoms with Gasteiger partial charge in [0.25, 0.3) is 0 Å². The third kappa shape index (κ3) is 1.62. The Morgan fingerprint density at radius 1 is 1.31 bits per heavy atom.